The number of alkyl carbamates (subject to hydrolysis) is 1. The van der Waals surface area contributed by atoms with Gasteiger partial charge in [-0.05, 0) is 44.4 Å². The number of hydrogen-bond acceptors (Lipinski definition) is 6. The molecule has 0 unspecified atom stereocenters. The maximum Gasteiger partial charge on any atom is 0.407 e. The number of amides is 3. The van der Waals surface area contributed by atoms with Crippen molar-refractivity contribution in [1.82, 2.24) is 15.4 Å². The molecule has 0 aromatic heterocycles. The van der Waals surface area contributed by atoms with Crippen molar-refractivity contribution in [2.75, 3.05) is 6.26 Å². The summed E-state index contributed by atoms with van der Waals surface area (Å²) in [6, 6.07) is 12.6. The molecule has 2 aromatic carbocycles. The fourth-order valence-electron chi connectivity index (χ4n) is 3.37. The molecule has 9 nitrogen and oxygen atoms in total. The minimum atomic E-state index is -3.86. The molecule has 0 fully saturated rings. The fraction of sp³-hybridized carbons (Fsp3) is 0.400. The van der Waals surface area contributed by atoms with Crippen molar-refractivity contribution in [2.45, 2.75) is 57.7 Å². The maximum atomic E-state index is 14.3. The fourth-order valence-corrected chi connectivity index (χ4v) is 3.88. The van der Waals surface area contributed by atoms with Crippen LogP contribution >= 0.6 is 0 Å². The van der Waals surface area contributed by atoms with Gasteiger partial charge in [-0.2, -0.15) is 0 Å². The highest BCUT2D eigenvalue weighted by Gasteiger charge is 2.27. The summed E-state index contributed by atoms with van der Waals surface area (Å²) < 4.78 is 44.6. The highest BCUT2D eigenvalue weighted by atomic mass is 32.2. The summed E-state index contributed by atoms with van der Waals surface area (Å²) >= 11 is 0. The third-order valence-corrected chi connectivity index (χ3v) is 5.37. The van der Waals surface area contributed by atoms with E-state index >= 15 is 0 Å². The van der Waals surface area contributed by atoms with Gasteiger partial charge in [0, 0.05) is 18.9 Å². The molecule has 0 aliphatic heterocycles. The van der Waals surface area contributed by atoms with E-state index in [2.05, 4.69) is 10.6 Å². The van der Waals surface area contributed by atoms with Gasteiger partial charge < -0.3 is 15.4 Å². The van der Waals surface area contributed by atoms with Crippen LogP contribution in [-0.2, 0) is 37.2 Å². The summed E-state index contributed by atoms with van der Waals surface area (Å²) in [7, 11) is -3.86. The van der Waals surface area contributed by atoms with Crippen molar-refractivity contribution < 1.29 is 31.9 Å². The van der Waals surface area contributed by atoms with Gasteiger partial charge in [-0.1, -0.05) is 48.5 Å². The molecule has 0 saturated heterocycles. The first-order valence-electron chi connectivity index (χ1n) is 11.3. The second-order valence-electron chi connectivity index (χ2n) is 9.39. The van der Waals surface area contributed by atoms with Crippen LogP contribution in [0.25, 0.3) is 0 Å². The molecule has 3 N–H and O–H groups in total. The SMILES string of the molecule is CC(C)(C)OC(=O)N[C@@H](CC(=O)N[C@H](Cc1ccccc1)C(=O)NS(C)(=O)=O)Cc1ccccc1F. The lowest BCUT2D eigenvalue weighted by Crippen LogP contribution is -2.51. The van der Waals surface area contributed by atoms with Crippen molar-refractivity contribution >= 4 is 27.9 Å². The topological polar surface area (TPSA) is 131 Å². The molecule has 2 aromatic rings. The number of ether oxygens (including phenoxy) is 1. The Morgan fingerprint density at radius 2 is 1.56 bits per heavy atom. The second-order valence-corrected chi connectivity index (χ2v) is 11.1. The number of hydrogen-bond donors (Lipinski definition) is 3. The smallest absolute Gasteiger partial charge is 0.407 e. The van der Waals surface area contributed by atoms with Gasteiger partial charge in [-0.25, -0.2) is 17.6 Å². The van der Waals surface area contributed by atoms with E-state index in [9.17, 15) is 27.2 Å². The van der Waals surface area contributed by atoms with Crippen molar-refractivity contribution in [3.63, 3.8) is 0 Å². The predicted molar refractivity (Wildman–Crippen MR) is 133 cm³/mol. The normalized spacial score (nSPS) is 13.2. The lowest BCUT2D eigenvalue weighted by molar-refractivity contribution is -0.128. The average Bonchev–Trinajstić information content (AvgIpc) is 2.73. The molecule has 0 spiro atoms. The Bertz CT molecular complexity index is 1170. The largest absolute Gasteiger partial charge is 0.444 e. The molecule has 0 saturated carbocycles. The van der Waals surface area contributed by atoms with Crippen LogP contribution in [0.15, 0.2) is 54.6 Å². The minimum absolute atomic E-state index is 0.0157. The number of nitrogens with one attached hydrogen (secondary N) is 3. The van der Waals surface area contributed by atoms with E-state index < -0.39 is 51.4 Å². The number of carbonyl (C=O) groups excluding carboxylic acids is 3. The molecule has 0 bridgehead atoms. The van der Waals surface area contributed by atoms with Gasteiger partial charge in [0.1, 0.15) is 17.5 Å². The van der Waals surface area contributed by atoms with Gasteiger partial charge in [0.05, 0.1) is 6.26 Å². The summed E-state index contributed by atoms with van der Waals surface area (Å²) in [5.74, 6) is -2.04. The van der Waals surface area contributed by atoms with Gasteiger partial charge in [0.2, 0.25) is 15.9 Å². The van der Waals surface area contributed by atoms with E-state index in [0.29, 0.717) is 5.56 Å². The van der Waals surface area contributed by atoms with Crippen LogP contribution in [0.2, 0.25) is 0 Å². The van der Waals surface area contributed by atoms with E-state index in [4.69, 9.17) is 4.74 Å². The standard InChI is InChI=1S/C25H32FN3O6S/c1-25(2,3)35-24(32)27-19(15-18-12-8-9-13-20(18)26)16-22(30)28-21(23(31)29-36(4,33)34)14-17-10-6-5-7-11-17/h5-13,19,21H,14-16H2,1-4H3,(H,27,32)(H,28,30)(H,29,31)/t19-,21-/m1/s1. The van der Waals surface area contributed by atoms with E-state index in [1.54, 1.807) is 57.2 Å². The van der Waals surface area contributed by atoms with Crippen LogP contribution in [0.3, 0.4) is 0 Å². The number of carbonyl (C=O) groups is 3. The van der Waals surface area contributed by atoms with Crippen LogP contribution in [0.4, 0.5) is 9.18 Å². The van der Waals surface area contributed by atoms with E-state index in [1.165, 1.54) is 18.2 Å². The molecule has 36 heavy (non-hydrogen) atoms. The molecule has 0 aliphatic rings. The summed E-state index contributed by atoms with van der Waals surface area (Å²) in [6.45, 7) is 5.04. The zero-order valence-corrected chi connectivity index (χ0v) is 21.5. The van der Waals surface area contributed by atoms with Crippen LogP contribution in [0, 0.1) is 5.82 Å². The Kier molecular flexibility index (Phi) is 9.97. The minimum Gasteiger partial charge on any atom is -0.444 e. The Balaban J connectivity index is 2.20. The van der Waals surface area contributed by atoms with Gasteiger partial charge in [0.15, 0.2) is 0 Å². The lowest BCUT2D eigenvalue weighted by Gasteiger charge is -2.24. The van der Waals surface area contributed by atoms with E-state index in [-0.39, 0.29) is 24.8 Å². The number of rotatable bonds is 10. The van der Waals surface area contributed by atoms with Crippen molar-refractivity contribution in [3.05, 3.63) is 71.5 Å². The van der Waals surface area contributed by atoms with E-state index in [0.717, 1.165) is 6.26 Å². The molecule has 0 radical (unpaired) electrons. The van der Waals surface area contributed by atoms with Gasteiger partial charge >= 0.3 is 6.09 Å². The maximum absolute atomic E-state index is 14.3. The Labute approximate surface area is 210 Å². The Hall–Kier alpha value is -3.47. The molecule has 196 valence electrons. The lowest BCUT2D eigenvalue weighted by atomic mass is 10.0. The summed E-state index contributed by atoms with van der Waals surface area (Å²) in [6.07, 6.45) is -0.247. The molecular formula is C25H32FN3O6S. The van der Waals surface area contributed by atoms with E-state index in [1.807, 2.05) is 4.72 Å². The summed E-state index contributed by atoms with van der Waals surface area (Å²) in [5.41, 5.74) is 0.183. The Morgan fingerprint density at radius 1 is 0.944 bits per heavy atom. The molecule has 0 heterocycles. The third kappa shape index (κ3) is 10.9. The zero-order chi connectivity index (χ0) is 26.9. The number of halogens is 1. The van der Waals surface area contributed by atoms with Gasteiger partial charge in [0.25, 0.3) is 5.91 Å². The first-order valence-corrected chi connectivity index (χ1v) is 13.2. The highest BCUT2D eigenvalue weighted by molar-refractivity contribution is 7.89. The molecule has 2 atom stereocenters. The average molecular weight is 522 g/mol. The second kappa shape index (κ2) is 12.5. The number of sulfonamides is 1. The molecule has 0 aliphatic carbocycles. The highest BCUT2D eigenvalue weighted by Crippen LogP contribution is 2.13. The third-order valence-electron chi connectivity index (χ3n) is 4.80. The molecule has 3 amide bonds. The van der Waals surface area contributed by atoms with Gasteiger partial charge in [-0.3, -0.25) is 14.3 Å². The van der Waals surface area contributed by atoms with Crippen LogP contribution in [0.1, 0.15) is 38.3 Å². The van der Waals surface area contributed by atoms with Crippen LogP contribution < -0.4 is 15.4 Å². The van der Waals surface area contributed by atoms with Crippen LogP contribution in [-0.4, -0.2) is 50.3 Å². The molecule has 11 heteroatoms. The predicted octanol–water partition coefficient (Wildman–Crippen LogP) is 2.45. The van der Waals surface area contributed by atoms with Crippen molar-refractivity contribution in [1.29, 1.82) is 0 Å². The Morgan fingerprint density at radius 3 is 2.14 bits per heavy atom. The molecular weight excluding hydrogens is 489 g/mol. The molecule has 2 rings (SSSR count). The monoisotopic (exact) mass is 521 g/mol. The van der Waals surface area contributed by atoms with Crippen LogP contribution in [0.5, 0.6) is 0 Å². The summed E-state index contributed by atoms with van der Waals surface area (Å²) in [4.78, 5) is 37.9. The number of benzene rings is 2. The zero-order valence-electron chi connectivity index (χ0n) is 20.7. The van der Waals surface area contributed by atoms with Gasteiger partial charge in [-0.15, -0.1) is 0 Å². The summed E-state index contributed by atoms with van der Waals surface area (Å²) in [5, 5.41) is 5.12. The quantitative estimate of drug-likeness (QED) is 0.440. The first kappa shape index (κ1) is 28.8. The van der Waals surface area contributed by atoms with Crippen molar-refractivity contribution in [2.24, 2.45) is 0 Å². The first-order chi connectivity index (χ1) is 16.7. The van der Waals surface area contributed by atoms with Crippen molar-refractivity contribution in [3.8, 4) is 0 Å².